The maximum absolute atomic E-state index is 11.1. The lowest BCUT2D eigenvalue weighted by atomic mass is 10.2. The second-order valence-electron chi connectivity index (χ2n) is 4.16. The molecule has 0 spiro atoms. The van der Waals surface area contributed by atoms with Gasteiger partial charge < -0.3 is 9.72 Å². The van der Waals surface area contributed by atoms with Crippen LogP contribution in [0.5, 0.6) is 5.75 Å². The summed E-state index contributed by atoms with van der Waals surface area (Å²) in [5.41, 5.74) is 0.954. The van der Waals surface area contributed by atoms with Crippen molar-refractivity contribution in [3.05, 3.63) is 64.6 Å². The minimum atomic E-state index is -0.0342. The van der Waals surface area contributed by atoms with Crippen molar-refractivity contribution in [1.29, 1.82) is 0 Å². The van der Waals surface area contributed by atoms with Crippen LogP contribution in [0, 0.1) is 0 Å². The molecule has 1 aromatic carbocycles. The Bertz CT molecular complexity index is 519. The average molecular weight is 243 g/mol. The van der Waals surface area contributed by atoms with Crippen LogP contribution in [0.15, 0.2) is 53.3 Å². The van der Waals surface area contributed by atoms with E-state index in [1.54, 1.807) is 6.07 Å². The van der Waals surface area contributed by atoms with Crippen molar-refractivity contribution in [2.75, 3.05) is 6.61 Å². The van der Waals surface area contributed by atoms with E-state index in [-0.39, 0.29) is 5.56 Å². The Balaban J connectivity index is 1.66. The molecule has 0 saturated carbocycles. The van der Waals surface area contributed by atoms with E-state index in [0.717, 1.165) is 30.7 Å². The molecule has 0 aliphatic heterocycles. The first-order valence-corrected chi connectivity index (χ1v) is 6.21. The number of rotatable bonds is 6. The van der Waals surface area contributed by atoms with Crippen molar-refractivity contribution in [1.82, 2.24) is 4.98 Å². The molecule has 0 atom stereocenters. The Morgan fingerprint density at radius 2 is 1.78 bits per heavy atom. The van der Waals surface area contributed by atoms with Gasteiger partial charge in [-0.25, -0.2) is 0 Å². The van der Waals surface area contributed by atoms with Crippen LogP contribution in [0.4, 0.5) is 0 Å². The maximum atomic E-state index is 11.1. The van der Waals surface area contributed by atoms with E-state index in [2.05, 4.69) is 4.98 Å². The van der Waals surface area contributed by atoms with E-state index < -0.39 is 0 Å². The number of ether oxygens (including phenoxy) is 1. The van der Waals surface area contributed by atoms with E-state index >= 15 is 0 Å². The lowest BCUT2D eigenvalue weighted by molar-refractivity contribution is 0.307. The summed E-state index contributed by atoms with van der Waals surface area (Å²) in [4.78, 5) is 13.9. The van der Waals surface area contributed by atoms with E-state index in [1.165, 1.54) is 6.07 Å². The van der Waals surface area contributed by atoms with Crippen molar-refractivity contribution in [3.8, 4) is 5.75 Å². The fourth-order valence-corrected chi connectivity index (χ4v) is 1.76. The van der Waals surface area contributed by atoms with E-state index in [9.17, 15) is 4.79 Å². The lowest BCUT2D eigenvalue weighted by Crippen LogP contribution is -2.06. The molecule has 0 aliphatic carbocycles. The monoisotopic (exact) mass is 243 g/mol. The largest absolute Gasteiger partial charge is 0.494 e. The fourth-order valence-electron chi connectivity index (χ4n) is 1.76. The molecule has 3 nitrogen and oxygen atoms in total. The van der Waals surface area contributed by atoms with Crippen LogP contribution in [-0.4, -0.2) is 11.6 Å². The number of aromatic nitrogens is 1. The Kier molecular flexibility index (Phi) is 4.59. The highest BCUT2D eigenvalue weighted by Crippen LogP contribution is 2.09. The number of hydrogen-bond donors (Lipinski definition) is 1. The molecular weight excluding hydrogens is 226 g/mol. The van der Waals surface area contributed by atoms with Crippen LogP contribution in [0.25, 0.3) is 0 Å². The predicted octanol–water partition coefficient (Wildman–Crippen LogP) is 2.78. The third kappa shape index (κ3) is 4.09. The molecule has 0 unspecified atom stereocenters. The van der Waals surface area contributed by atoms with Gasteiger partial charge in [-0.15, -0.1) is 0 Å². The van der Waals surface area contributed by atoms with Crippen molar-refractivity contribution >= 4 is 0 Å². The van der Waals surface area contributed by atoms with Gasteiger partial charge in [0.1, 0.15) is 5.75 Å². The van der Waals surface area contributed by atoms with Gasteiger partial charge in [0.2, 0.25) is 5.56 Å². The van der Waals surface area contributed by atoms with Crippen molar-refractivity contribution in [3.63, 3.8) is 0 Å². The fraction of sp³-hybridized carbons (Fsp3) is 0.267. The zero-order valence-corrected chi connectivity index (χ0v) is 10.3. The number of para-hydroxylation sites is 1. The molecule has 0 bridgehead atoms. The van der Waals surface area contributed by atoms with Crippen molar-refractivity contribution in [2.45, 2.75) is 19.3 Å². The molecule has 1 heterocycles. The summed E-state index contributed by atoms with van der Waals surface area (Å²) in [7, 11) is 0. The second kappa shape index (κ2) is 6.64. The molecule has 2 rings (SSSR count). The van der Waals surface area contributed by atoms with E-state index in [0.29, 0.717) is 6.61 Å². The van der Waals surface area contributed by atoms with Crippen molar-refractivity contribution < 1.29 is 4.74 Å². The summed E-state index contributed by atoms with van der Waals surface area (Å²) < 4.78 is 5.60. The first kappa shape index (κ1) is 12.4. The zero-order chi connectivity index (χ0) is 12.6. The smallest absolute Gasteiger partial charge is 0.248 e. The summed E-state index contributed by atoms with van der Waals surface area (Å²) in [6.45, 7) is 0.709. The molecule has 0 aliphatic rings. The number of pyridine rings is 1. The Morgan fingerprint density at radius 1 is 0.944 bits per heavy atom. The molecule has 2 aromatic rings. The third-order valence-electron chi connectivity index (χ3n) is 2.68. The first-order chi connectivity index (χ1) is 8.84. The minimum absolute atomic E-state index is 0.0342. The highest BCUT2D eigenvalue weighted by molar-refractivity contribution is 5.20. The number of aryl methyl sites for hydroxylation is 1. The second-order valence-corrected chi connectivity index (χ2v) is 4.16. The van der Waals surface area contributed by atoms with Crippen LogP contribution in [-0.2, 0) is 6.42 Å². The van der Waals surface area contributed by atoms with Gasteiger partial charge in [0, 0.05) is 11.8 Å². The number of nitrogens with one attached hydrogen (secondary N) is 1. The molecule has 94 valence electrons. The topological polar surface area (TPSA) is 42.1 Å². The number of benzene rings is 1. The molecule has 0 fully saturated rings. The SMILES string of the molecule is O=c1cccc(CCCCOc2ccccc2)[nH]1. The molecule has 3 heteroatoms. The quantitative estimate of drug-likeness (QED) is 0.793. The molecule has 18 heavy (non-hydrogen) atoms. The van der Waals surface area contributed by atoms with Gasteiger partial charge in [-0.2, -0.15) is 0 Å². The highest BCUT2D eigenvalue weighted by Gasteiger charge is 1.95. The van der Waals surface area contributed by atoms with Gasteiger partial charge in [-0.1, -0.05) is 24.3 Å². The summed E-state index contributed by atoms with van der Waals surface area (Å²) in [5, 5.41) is 0. The number of hydrogen-bond acceptors (Lipinski definition) is 2. The first-order valence-electron chi connectivity index (χ1n) is 6.21. The molecule has 0 amide bonds. The zero-order valence-electron chi connectivity index (χ0n) is 10.3. The number of unbranched alkanes of at least 4 members (excludes halogenated alkanes) is 1. The Labute approximate surface area is 106 Å². The maximum Gasteiger partial charge on any atom is 0.248 e. The molecule has 1 aromatic heterocycles. The summed E-state index contributed by atoms with van der Waals surface area (Å²) in [6, 6.07) is 15.1. The van der Waals surface area contributed by atoms with Gasteiger partial charge in [-0.05, 0) is 37.5 Å². The minimum Gasteiger partial charge on any atom is -0.494 e. The van der Waals surface area contributed by atoms with Gasteiger partial charge in [0.25, 0.3) is 0 Å². The van der Waals surface area contributed by atoms with Crippen LogP contribution in [0.1, 0.15) is 18.5 Å². The summed E-state index contributed by atoms with van der Waals surface area (Å²) in [5.74, 6) is 0.908. The standard InChI is InChI=1S/C15H17NO2/c17-15-11-6-8-13(16-15)7-4-5-12-18-14-9-2-1-3-10-14/h1-3,6,8-11H,4-5,7,12H2,(H,16,17). The average Bonchev–Trinajstić information content (AvgIpc) is 2.40. The van der Waals surface area contributed by atoms with Gasteiger partial charge in [0.05, 0.1) is 6.61 Å². The van der Waals surface area contributed by atoms with Crippen LogP contribution in [0.2, 0.25) is 0 Å². The lowest BCUT2D eigenvalue weighted by Gasteiger charge is -2.05. The highest BCUT2D eigenvalue weighted by atomic mass is 16.5. The van der Waals surface area contributed by atoms with E-state index in [1.807, 2.05) is 36.4 Å². The van der Waals surface area contributed by atoms with Gasteiger partial charge in [0.15, 0.2) is 0 Å². The van der Waals surface area contributed by atoms with Crippen LogP contribution in [0.3, 0.4) is 0 Å². The summed E-state index contributed by atoms with van der Waals surface area (Å²) >= 11 is 0. The molecule has 0 saturated heterocycles. The number of aromatic amines is 1. The molecular formula is C15H17NO2. The molecule has 1 N–H and O–H groups in total. The van der Waals surface area contributed by atoms with Crippen molar-refractivity contribution in [2.24, 2.45) is 0 Å². The molecule has 0 radical (unpaired) electrons. The van der Waals surface area contributed by atoms with Gasteiger partial charge >= 0.3 is 0 Å². The van der Waals surface area contributed by atoms with E-state index in [4.69, 9.17) is 4.74 Å². The summed E-state index contributed by atoms with van der Waals surface area (Å²) in [6.07, 6.45) is 2.87. The normalized spacial score (nSPS) is 10.2. The van der Waals surface area contributed by atoms with Gasteiger partial charge in [-0.3, -0.25) is 4.79 Å². The van der Waals surface area contributed by atoms with Crippen LogP contribution >= 0.6 is 0 Å². The predicted molar refractivity (Wildman–Crippen MR) is 71.9 cm³/mol. The number of H-pyrrole nitrogens is 1. The Hall–Kier alpha value is -2.03. The Morgan fingerprint density at radius 3 is 2.56 bits per heavy atom. The van der Waals surface area contributed by atoms with Crippen LogP contribution < -0.4 is 10.3 Å². The third-order valence-corrected chi connectivity index (χ3v) is 2.68.